The van der Waals surface area contributed by atoms with E-state index in [1.807, 2.05) is 0 Å². The molecular weight excluding hydrogens is 228 g/mol. The quantitative estimate of drug-likeness (QED) is 0.668. The van der Waals surface area contributed by atoms with E-state index in [1.165, 1.54) is 12.0 Å². The van der Waals surface area contributed by atoms with Crippen molar-refractivity contribution in [3.8, 4) is 0 Å². The van der Waals surface area contributed by atoms with Gasteiger partial charge in [-0.05, 0) is 12.8 Å². The summed E-state index contributed by atoms with van der Waals surface area (Å²) >= 11 is 0. The van der Waals surface area contributed by atoms with Gasteiger partial charge in [0, 0.05) is 13.1 Å². The molecule has 0 spiro atoms. The molecule has 1 heterocycles. The lowest BCUT2D eigenvalue weighted by Crippen LogP contribution is -2.46. The fourth-order valence-corrected chi connectivity index (χ4v) is 1.74. The van der Waals surface area contributed by atoms with Crippen LogP contribution < -0.4 is 5.32 Å². The lowest BCUT2D eigenvalue weighted by molar-refractivity contribution is -0.142. The molecule has 1 aliphatic heterocycles. The largest absolute Gasteiger partial charge is 0.480 e. The average molecular weight is 244 g/mol. The molecule has 1 aliphatic rings. The first kappa shape index (κ1) is 13.3. The zero-order valence-electron chi connectivity index (χ0n) is 9.64. The Morgan fingerprint density at radius 3 is 2.76 bits per heavy atom. The number of aliphatic carboxylic acids is 1. The second-order valence-electron chi connectivity index (χ2n) is 3.75. The van der Waals surface area contributed by atoms with Crippen LogP contribution in [0.25, 0.3) is 0 Å². The topological polar surface area (TPSA) is 95.9 Å². The number of nitrogens with one attached hydrogen (secondary N) is 1. The number of esters is 1. The van der Waals surface area contributed by atoms with Crippen LogP contribution in [0.4, 0.5) is 4.79 Å². The van der Waals surface area contributed by atoms with E-state index >= 15 is 0 Å². The number of carbonyl (C=O) groups is 3. The van der Waals surface area contributed by atoms with Crippen molar-refractivity contribution >= 4 is 18.0 Å². The van der Waals surface area contributed by atoms with Gasteiger partial charge in [0.15, 0.2) is 0 Å². The predicted molar refractivity (Wildman–Crippen MR) is 57.4 cm³/mol. The summed E-state index contributed by atoms with van der Waals surface area (Å²) in [6.45, 7) is 0.579. The van der Waals surface area contributed by atoms with E-state index in [9.17, 15) is 14.4 Å². The number of nitrogens with zero attached hydrogens (tertiary/aromatic N) is 1. The summed E-state index contributed by atoms with van der Waals surface area (Å²) in [5, 5.41) is 11.4. The first-order valence-corrected chi connectivity index (χ1v) is 5.40. The highest BCUT2D eigenvalue weighted by molar-refractivity contribution is 5.83. The zero-order valence-corrected chi connectivity index (χ0v) is 9.64. The fourth-order valence-electron chi connectivity index (χ4n) is 1.74. The molecule has 1 rings (SSSR count). The van der Waals surface area contributed by atoms with Gasteiger partial charge in [-0.2, -0.15) is 0 Å². The maximum atomic E-state index is 11.6. The maximum absolute atomic E-state index is 11.6. The van der Waals surface area contributed by atoms with Gasteiger partial charge < -0.3 is 20.1 Å². The number of likely N-dealkylation sites (tertiary alicyclic amines) is 1. The van der Waals surface area contributed by atoms with E-state index < -0.39 is 24.0 Å². The van der Waals surface area contributed by atoms with Gasteiger partial charge >= 0.3 is 18.0 Å². The van der Waals surface area contributed by atoms with Crippen LogP contribution in [-0.2, 0) is 14.3 Å². The van der Waals surface area contributed by atoms with Crippen molar-refractivity contribution in [3.63, 3.8) is 0 Å². The molecule has 7 heteroatoms. The number of urea groups is 1. The second kappa shape index (κ2) is 6.07. The summed E-state index contributed by atoms with van der Waals surface area (Å²) in [5.41, 5.74) is 0. The molecule has 96 valence electrons. The minimum absolute atomic E-state index is 0.0772. The summed E-state index contributed by atoms with van der Waals surface area (Å²) in [4.78, 5) is 34.6. The van der Waals surface area contributed by atoms with Crippen molar-refractivity contribution in [2.75, 3.05) is 20.2 Å². The van der Waals surface area contributed by atoms with Crippen LogP contribution in [0.2, 0.25) is 0 Å². The summed E-state index contributed by atoms with van der Waals surface area (Å²) in [6, 6.07) is -1.20. The van der Waals surface area contributed by atoms with Crippen molar-refractivity contribution in [1.29, 1.82) is 0 Å². The second-order valence-corrected chi connectivity index (χ2v) is 3.75. The predicted octanol–water partition coefficient (Wildman–Crippen LogP) is -0.192. The third-order valence-electron chi connectivity index (χ3n) is 2.63. The minimum Gasteiger partial charge on any atom is -0.480 e. The van der Waals surface area contributed by atoms with Gasteiger partial charge in [0.2, 0.25) is 0 Å². The van der Waals surface area contributed by atoms with Crippen LogP contribution in [0, 0.1) is 0 Å². The summed E-state index contributed by atoms with van der Waals surface area (Å²) in [7, 11) is 1.27. The Bertz CT molecular complexity index is 318. The molecule has 1 saturated heterocycles. The van der Waals surface area contributed by atoms with Gasteiger partial charge in [0.25, 0.3) is 0 Å². The molecule has 0 saturated carbocycles. The van der Waals surface area contributed by atoms with Crippen LogP contribution in [0.15, 0.2) is 0 Å². The van der Waals surface area contributed by atoms with E-state index in [0.717, 1.165) is 0 Å². The van der Waals surface area contributed by atoms with Crippen molar-refractivity contribution in [3.05, 3.63) is 0 Å². The standard InChI is InChI=1S/C10H16N2O5/c1-17-8(13)4-5-11-10(16)12-6-2-3-7(12)9(14)15/h7H,2-6H2,1H3,(H,11,16)(H,14,15). The van der Waals surface area contributed by atoms with Crippen molar-refractivity contribution < 1.29 is 24.2 Å². The number of amides is 2. The normalized spacial score (nSPS) is 18.9. The highest BCUT2D eigenvalue weighted by atomic mass is 16.5. The van der Waals surface area contributed by atoms with Crippen LogP contribution in [0.1, 0.15) is 19.3 Å². The summed E-state index contributed by atoms with van der Waals surface area (Å²) < 4.78 is 4.42. The Morgan fingerprint density at radius 2 is 2.18 bits per heavy atom. The molecule has 0 aromatic rings. The number of carbonyl (C=O) groups excluding carboxylic acids is 2. The van der Waals surface area contributed by atoms with Crippen LogP contribution in [0.3, 0.4) is 0 Å². The van der Waals surface area contributed by atoms with E-state index in [-0.39, 0.29) is 13.0 Å². The molecule has 2 amide bonds. The Morgan fingerprint density at radius 1 is 1.47 bits per heavy atom. The molecular formula is C10H16N2O5. The lowest BCUT2D eigenvalue weighted by Gasteiger charge is -2.21. The van der Waals surface area contributed by atoms with Gasteiger partial charge in [-0.3, -0.25) is 4.79 Å². The number of ether oxygens (including phenoxy) is 1. The number of rotatable bonds is 4. The molecule has 7 nitrogen and oxygen atoms in total. The first-order chi connectivity index (χ1) is 8.06. The highest BCUT2D eigenvalue weighted by Crippen LogP contribution is 2.17. The highest BCUT2D eigenvalue weighted by Gasteiger charge is 2.33. The number of hydrogen-bond donors (Lipinski definition) is 2. The van der Waals surface area contributed by atoms with Crippen LogP contribution in [0.5, 0.6) is 0 Å². The molecule has 0 aromatic carbocycles. The smallest absolute Gasteiger partial charge is 0.326 e. The first-order valence-electron chi connectivity index (χ1n) is 5.40. The Labute approximate surface area is 98.7 Å². The van der Waals surface area contributed by atoms with Gasteiger partial charge in [0.05, 0.1) is 13.5 Å². The van der Waals surface area contributed by atoms with Gasteiger partial charge in [-0.1, -0.05) is 0 Å². The third kappa shape index (κ3) is 3.61. The van der Waals surface area contributed by atoms with Crippen LogP contribution in [-0.4, -0.2) is 54.2 Å². The molecule has 1 fully saturated rings. The van der Waals surface area contributed by atoms with Gasteiger partial charge in [-0.25, -0.2) is 9.59 Å². The fraction of sp³-hybridized carbons (Fsp3) is 0.700. The maximum Gasteiger partial charge on any atom is 0.326 e. The van der Waals surface area contributed by atoms with Crippen molar-refractivity contribution in [1.82, 2.24) is 10.2 Å². The molecule has 2 N–H and O–H groups in total. The van der Waals surface area contributed by atoms with Gasteiger partial charge in [0.1, 0.15) is 6.04 Å². The van der Waals surface area contributed by atoms with E-state index in [1.54, 1.807) is 0 Å². The summed E-state index contributed by atoms with van der Waals surface area (Å²) in [6.07, 6.45) is 1.23. The Balaban J connectivity index is 2.37. The molecule has 1 unspecified atom stereocenters. The Kier molecular flexibility index (Phi) is 4.74. The van der Waals surface area contributed by atoms with Crippen molar-refractivity contribution in [2.45, 2.75) is 25.3 Å². The molecule has 0 bridgehead atoms. The minimum atomic E-state index is -0.995. The number of hydrogen-bond acceptors (Lipinski definition) is 4. The molecule has 17 heavy (non-hydrogen) atoms. The Hall–Kier alpha value is -1.79. The zero-order chi connectivity index (χ0) is 12.8. The molecule has 0 radical (unpaired) electrons. The number of carboxylic acids is 1. The van der Waals surface area contributed by atoms with Crippen molar-refractivity contribution in [2.24, 2.45) is 0 Å². The number of methoxy groups -OCH3 is 1. The number of carboxylic acid groups (broad SMARTS) is 1. The van der Waals surface area contributed by atoms with E-state index in [2.05, 4.69) is 10.1 Å². The third-order valence-corrected chi connectivity index (χ3v) is 2.63. The summed E-state index contributed by atoms with van der Waals surface area (Å²) in [5.74, 6) is -1.41. The lowest BCUT2D eigenvalue weighted by atomic mass is 10.2. The SMILES string of the molecule is COC(=O)CCNC(=O)N1CCCC1C(=O)O. The van der Waals surface area contributed by atoms with E-state index in [4.69, 9.17) is 5.11 Å². The average Bonchev–Trinajstić information content (AvgIpc) is 2.77. The van der Waals surface area contributed by atoms with Crippen LogP contribution >= 0.6 is 0 Å². The molecule has 0 aliphatic carbocycles. The molecule has 0 aromatic heterocycles. The van der Waals surface area contributed by atoms with Gasteiger partial charge in [-0.15, -0.1) is 0 Å². The molecule has 1 atom stereocenters. The monoisotopic (exact) mass is 244 g/mol. The van der Waals surface area contributed by atoms with E-state index in [0.29, 0.717) is 19.4 Å².